The molecular formula is C26H16Cl2FNO5. The Labute approximate surface area is 208 Å². The third kappa shape index (κ3) is 3.83. The maximum Gasteiger partial charge on any atom is 0.294 e. The number of Topliss-reactive ketones (excluding diaryl/α,β-unsaturated/α-hetero) is 1. The quantitative estimate of drug-likeness (QED) is 0.302. The first-order valence-corrected chi connectivity index (χ1v) is 11.1. The van der Waals surface area contributed by atoms with Crippen molar-refractivity contribution in [2.75, 3.05) is 12.0 Å². The maximum absolute atomic E-state index is 15.0. The number of carbonyl (C=O) groups excluding carboxylic acids is 2. The first kappa shape index (κ1) is 23.0. The van der Waals surface area contributed by atoms with E-state index < -0.39 is 29.3 Å². The molecule has 4 aromatic rings. The van der Waals surface area contributed by atoms with Gasteiger partial charge < -0.3 is 14.3 Å². The molecule has 176 valence electrons. The van der Waals surface area contributed by atoms with Crippen molar-refractivity contribution in [1.82, 2.24) is 0 Å². The summed E-state index contributed by atoms with van der Waals surface area (Å²) >= 11 is 12.3. The Balaban J connectivity index is 1.67. The fraction of sp³-hybridized carbons (Fsp3) is 0.0769. The van der Waals surface area contributed by atoms with Crippen LogP contribution in [-0.2, 0) is 4.79 Å². The third-order valence-electron chi connectivity index (χ3n) is 5.77. The molecule has 9 heteroatoms. The van der Waals surface area contributed by atoms with Crippen molar-refractivity contribution in [3.05, 3.63) is 105 Å². The van der Waals surface area contributed by atoms with Gasteiger partial charge in [-0.25, -0.2) is 4.39 Å². The molecule has 0 aliphatic carbocycles. The summed E-state index contributed by atoms with van der Waals surface area (Å²) < 4.78 is 25.8. The molecule has 0 bridgehead atoms. The van der Waals surface area contributed by atoms with Crippen LogP contribution >= 0.6 is 23.2 Å². The minimum atomic E-state index is -1.28. The molecule has 1 amide bonds. The van der Waals surface area contributed by atoms with Crippen LogP contribution in [0.4, 0.5) is 10.1 Å². The molecule has 1 unspecified atom stereocenters. The zero-order valence-electron chi connectivity index (χ0n) is 18.1. The molecule has 5 rings (SSSR count). The molecule has 1 atom stereocenters. The summed E-state index contributed by atoms with van der Waals surface area (Å²) in [5, 5.41) is 12.1. The average Bonchev–Trinajstić information content (AvgIpc) is 3.37. The summed E-state index contributed by atoms with van der Waals surface area (Å²) in [5.74, 6) is -2.90. The number of amides is 1. The van der Waals surface area contributed by atoms with Crippen LogP contribution in [0, 0.1) is 5.82 Å². The molecule has 0 spiro atoms. The molecule has 3 aromatic carbocycles. The number of furan rings is 1. The summed E-state index contributed by atoms with van der Waals surface area (Å²) in [7, 11) is 1.44. The number of ketones is 1. The molecule has 0 saturated carbocycles. The van der Waals surface area contributed by atoms with E-state index in [4.69, 9.17) is 32.4 Å². The lowest BCUT2D eigenvalue weighted by atomic mass is 9.94. The van der Waals surface area contributed by atoms with Crippen molar-refractivity contribution >= 4 is 51.5 Å². The molecule has 0 saturated heterocycles. The minimum Gasteiger partial charge on any atom is -0.503 e. The van der Waals surface area contributed by atoms with Crippen LogP contribution in [0.3, 0.4) is 0 Å². The number of aliphatic hydroxyl groups is 1. The molecule has 1 aromatic heterocycles. The molecule has 0 fully saturated rings. The number of carbonyl (C=O) groups is 2. The second-order valence-electron chi connectivity index (χ2n) is 7.80. The minimum absolute atomic E-state index is 0.0133. The van der Waals surface area contributed by atoms with Crippen LogP contribution in [0.25, 0.3) is 11.0 Å². The molecule has 0 radical (unpaired) electrons. The fourth-order valence-corrected chi connectivity index (χ4v) is 4.59. The second-order valence-corrected chi connectivity index (χ2v) is 8.65. The predicted molar refractivity (Wildman–Crippen MR) is 130 cm³/mol. The van der Waals surface area contributed by atoms with E-state index in [9.17, 15) is 19.1 Å². The van der Waals surface area contributed by atoms with E-state index in [2.05, 4.69) is 0 Å². The van der Waals surface area contributed by atoms with Crippen molar-refractivity contribution in [2.24, 2.45) is 0 Å². The number of methoxy groups -OCH3 is 1. The van der Waals surface area contributed by atoms with E-state index in [1.807, 2.05) is 0 Å². The number of benzene rings is 3. The number of hydrogen-bond donors (Lipinski definition) is 1. The Morgan fingerprint density at radius 2 is 1.86 bits per heavy atom. The molecule has 1 N–H and O–H groups in total. The van der Waals surface area contributed by atoms with Crippen molar-refractivity contribution in [2.45, 2.75) is 6.04 Å². The number of ether oxygens (including phenoxy) is 1. The largest absolute Gasteiger partial charge is 0.503 e. The first-order chi connectivity index (χ1) is 16.8. The van der Waals surface area contributed by atoms with Crippen LogP contribution < -0.4 is 9.64 Å². The molecule has 35 heavy (non-hydrogen) atoms. The number of nitrogens with zero attached hydrogens (tertiary/aromatic N) is 1. The van der Waals surface area contributed by atoms with Crippen molar-refractivity contribution < 1.29 is 28.2 Å². The van der Waals surface area contributed by atoms with E-state index in [0.29, 0.717) is 21.7 Å². The van der Waals surface area contributed by atoms with E-state index in [0.717, 1.165) is 4.90 Å². The molecule has 1 aliphatic heterocycles. The molecule has 1 aliphatic rings. The zero-order chi connectivity index (χ0) is 24.9. The van der Waals surface area contributed by atoms with Crippen molar-refractivity contribution in [3.8, 4) is 5.75 Å². The van der Waals surface area contributed by atoms with Gasteiger partial charge in [-0.2, -0.15) is 0 Å². The van der Waals surface area contributed by atoms with E-state index in [1.165, 1.54) is 49.6 Å². The highest BCUT2D eigenvalue weighted by Crippen LogP contribution is 2.44. The lowest BCUT2D eigenvalue weighted by Crippen LogP contribution is -2.31. The van der Waals surface area contributed by atoms with Gasteiger partial charge >= 0.3 is 0 Å². The van der Waals surface area contributed by atoms with E-state index in [-0.39, 0.29) is 27.6 Å². The SMILES string of the molecule is COc1ccc(N2C(=O)C(O)=C(C(=O)c3cc4cc(Cl)ccc4o3)C2c2ccccc2F)cc1Cl. The number of halogens is 3. The standard InChI is InChI=1S/C26H16Cl2FNO5/c1-34-20-9-7-15(12-17(20)28)30-23(16-4-2-3-5-18(16)29)22(25(32)26(30)33)24(31)21-11-13-10-14(27)6-8-19(13)35-21/h2-12,23,32H,1H3. The lowest BCUT2D eigenvalue weighted by molar-refractivity contribution is -0.117. The average molecular weight is 512 g/mol. The fourth-order valence-electron chi connectivity index (χ4n) is 4.16. The summed E-state index contributed by atoms with van der Waals surface area (Å²) in [5.41, 5.74) is 0.319. The summed E-state index contributed by atoms with van der Waals surface area (Å²) in [6.07, 6.45) is 0. The molecule has 6 nitrogen and oxygen atoms in total. The van der Waals surface area contributed by atoms with Crippen LogP contribution in [0.1, 0.15) is 22.2 Å². The van der Waals surface area contributed by atoms with Gasteiger partial charge in [-0.3, -0.25) is 14.5 Å². The maximum atomic E-state index is 15.0. The van der Waals surface area contributed by atoms with Crippen LogP contribution in [0.15, 0.2) is 82.5 Å². The van der Waals surface area contributed by atoms with Crippen molar-refractivity contribution in [1.29, 1.82) is 0 Å². The second kappa shape index (κ2) is 8.76. The highest BCUT2D eigenvalue weighted by molar-refractivity contribution is 6.32. The van der Waals surface area contributed by atoms with Crippen molar-refractivity contribution in [3.63, 3.8) is 0 Å². The number of rotatable bonds is 5. The van der Waals surface area contributed by atoms with Crippen LogP contribution in [-0.4, -0.2) is 23.9 Å². The smallest absolute Gasteiger partial charge is 0.294 e. The monoisotopic (exact) mass is 511 g/mol. The zero-order valence-corrected chi connectivity index (χ0v) is 19.6. The Morgan fingerprint density at radius 1 is 1.09 bits per heavy atom. The predicted octanol–water partition coefficient (Wildman–Crippen LogP) is 6.67. The summed E-state index contributed by atoms with van der Waals surface area (Å²) in [6, 6.07) is 15.2. The lowest BCUT2D eigenvalue weighted by Gasteiger charge is -2.27. The summed E-state index contributed by atoms with van der Waals surface area (Å²) in [6.45, 7) is 0. The Morgan fingerprint density at radius 3 is 2.57 bits per heavy atom. The molecular weight excluding hydrogens is 496 g/mol. The summed E-state index contributed by atoms with van der Waals surface area (Å²) in [4.78, 5) is 28.0. The third-order valence-corrected chi connectivity index (χ3v) is 6.30. The van der Waals surface area contributed by atoms with Gasteiger partial charge in [0.1, 0.15) is 17.1 Å². The topological polar surface area (TPSA) is 80.0 Å². The molecule has 2 heterocycles. The van der Waals surface area contributed by atoms with Gasteiger partial charge in [0, 0.05) is 21.7 Å². The first-order valence-electron chi connectivity index (χ1n) is 10.4. The van der Waals surface area contributed by atoms with E-state index >= 15 is 0 Å². The number of fused-ring (bicyclic) bond motifs is 1. The Hall–Kier alpha value is -3.81. The van der Waals surface area contributed by atoms with Gasteiger partial charge in [0.2, 0.25) is 5.78 Å². The number of hydrogen-bond acceptors (Lipinski definition) is 5. The normalized spacial score (nSPS) is 15.8. The Kier molecular flexibility index (Phi) is 5.75. The van der Waals surface area contributed by atoms with Gasteiger partial charge in [-0.05, 0) is 48.5 Å². The van der Waals surface area contributed by atoms with E-state index in [1.54, 1.807) is 24.3 Å². The number of aliphatic hydroxyl groups excluding tert-OH is 1. The Bertz CT molecular complexity index is 1540. The highest BCUT2D eigenvalue weighted by atomic mass is 35.5. The highest BCUT2D eigenvalue weighted by Gasteiger charge is 2.46. The van der Waals surface area contributed by atoms with Gasteiger partial charge in [-0.15, -0.1) is 0 Å². The van der Waals surface area contributed by atoms with Gasteiger partial charge in [0.25, 0.3) is 5.91 Å². The van der Waals surface area contributed by atoms with Crippen LogP contribution in [0.5, 0.6) is 5.75 Å². The van der Waals surface area contributed by atoms with Crippen LogP contribution in [0.2, 0.25) is 10.0 Å². The van der Waals surface area contributed by atoms with Gasteiger partial charge in [-0.1, -0.05) is 41.4 Å². The number of anilines is 1. The van der Waals surface area contributed by atoms with Gasteiger partial charge in [0.05, 0.1) is 23.7 Å². The van der Waals surface area contributed by atoms with Gasteiger partial charge in [0.15, 0.2) is 11.5 Å².